The van der Waals surface area contributed by atoms with Crippen LogP contribution in [0.4, 0.5) is 13.2 Å². The first-order chi connectivity index (χ1) is 17.9. The molecule has 2 aliphatic rings. The van der Waals surface area contributed by atoms with E-state index in [-0.39, 0.29) is 42.2 Å². The van der Waals surface area contributed by atoms with Gasteiger partial charge in [0.2, 0.25) is 21.8 Å². The molecule has 0 radical (unpaired) electrons. The van der Waals surface area contributed by atoms with Gasteiger partial charge in [-0.05, 0) is 42.8 Å². The summed E-state index contributed by atoms with van der Waals surface area (Å²) in [6, 6.07) is 8.19. The van der Waals surface area contributed by atoms with Crippen molar-refractivity contribution < 1.29 is 35.9 Å². The van der Waals surface area contributed by atoms with E-state index in [0.717, 1.165) is 45.6 Å². The number of aromatic nitrogens is 1. The molecule has 1 unspecified atom stereocenters. The molecule has 0 saturated carbocycles. The highest BCUT2D eigenvalue weighted by Gasteiger charge is 2.41. The third kappa shape index (κ3) is 6.66. The van der Waals surface area contributed by atoms with Gasteiger partial charge in [-0.25, -0.2) is 8.42 Å². The molecule has 1 aromatic carbocycles. The molecule has 0 spiro atoms. The number of benzene rings is 1. The summed E-state index contributed by atoms with van der Waals surface area (Å²) in [5.74, 6) is -1.46. The number of allylic oxidation sites excluding steroid dienone is 1. The number of hydrogen-bond donors (Lipinski definition) is 1. The Morgan fingerprint density at radius 2 is 1.89 bits per heavy atom. The molecule has 9 nitrogen and oxygen atoms in total. The molecule has 3 heterocycles. The summed E-state index contributed by atoms with van der Waals surface area (Å²) in [5.41, 5.74) is 0.920. The average molecular weight is 571 g/mol. The molecule has 0 bridgehead atoms. The minimum Gasteiger partial charge on any atom is -0.406 e. The SMILES string of the molecule is CC(=O)N1CCN(S(=O)(=O)c2ccc(OC(F)(F)F)cc2)[C@@H](C(=O)NCC2=CCC(c3ccccn3)S2)C1. The molecule has 14 heteroatoms. The van der Waals surface area contributed by atoms with Gasteiger partial charge in [0, 0.05) is 44.2 Å². The quantitative estimate of drug-likeness (QED) is 0.545. The van der Waals surface area contributed by atoms with E-state index in [1.807, 2.05) is 24.3 Å². The summed E-state index contributed by atoms with van der Waals surface area (Å²) < 4.78 is 69.0. The fourth-order valence-corrected chi connectivity index (χ4v) is 6.91. The maximum atomic E-state index is 13.4. The molecule has 2 aromatic rings. The number of piperazine rings is 1. The van der Waals surface area contributed by atoms with Gasteiger partial charge in [0.05, 0.1) is 15.8 Å². The van der Waals surface area contributed by atoms with Crippen molar-refractivity contribution in [1.82, 2.24) is 19.5 Å². The Hall–Kier alpha value is -3.10. The lowest BCUT2D eigenvalue weighted by Crippen LogP contribution is -2.61. The second-order valence-corrected chi connectivity index (χ2v) is 11.8. The Bertz CT molecular complexity index is 1300. The van der Waals surface area contributed by atoms with Gasteiger partial charge in [-0.3, -0.25) is 14.6 Å². The minimum absolute atomic E-state index is 0.0698. The monoisotopic (exact) mass is 570 g/mol. The van der Waals surface area contributed by atoms with Crippen LogP contribution in [-0.4, -0.2) is 73.0 Å². The molecule has 4 rings (SSSR count). The fraction of sp³-hybridized carbons (Fsp3) is 0.375. The van der Waals surface area contributed by atoms with Gasteiger partial charge in [0.25, 0.3) is 0 Å². The number of thioether (sulfide) groups is 1. The topological polar surface area (TPSA) is 109 Å². The number of nitrogens with one attached hydrogen (secondary N) is 1. The Kier molecular flexibility index (Phi) is 8.33. The van der Waals surface area contributed by atoms with Crippen molar-refractivity contribution in [3.8, 4) is 5.75 Å². The number of alkyl halides is 3. The molecule has 38 heavy (non-hydrogen) atoms. The molecule has 1 aromatic heterocycles. The van der Waals surface area contributed by atoms with E-state index < -0.39 is 34.1 Å². The van der Waals surface area contributed by atoms with Crippen LogP contribution in [0.25, 0.3) is 0 Å². The van der Waals surface area contributed by atoms with Gasteiger partial charge in [-0.2, -0.15) is 4.31 Å². The number of amides is 2. The van der Waals surface area contributed by atoms with Gasteiger partial charge in [0.1, 0.15) is 11.8 Å². The van der Waals surface area contributed by atoms with Crippen molar-refractivity contribution in [3.63, 3.8) is 0 Å². The average Bonchev–Trinajstić information content (AvgIpc) is 3.36. The predicted molar refractivity (Wildman–Crippen MR) is 133 cm³/mol. The van der Waals surface area contributed by atoms with E-state index >= 15 is 0 Å². The lowest BCUT2D eigenvalue weighted by Gasteiger charge is -2.39. The molecule has 1 saturated heterocycles. The van der Waals surface area contributed by atoms with Gasteiger partial charge in [0.15, 0.2) is 0 Å². The van der Waals surface area contributed by atoms with Crippen molar-refractivity contribution in [2.45, 2.75) is 35.9 Å². The van der Waals surface area contributed by atoms with Crippen molar-refractivity contribution in [2.75, 3.05) is 26.2 Å². The van der Waals surface area contributed by atoms with Crippen LogP contribution in [0.5, 0.6) is 5.75 Å². The van der Waals surface area contributed by atoms with Crippen molar-refractivity contribution in [1.29, 1.82) is 0 Å². The van der Waals surface area contributed by atoms with Crippen molar-refractivity contribution in [3.05, 3.63) is 65.3 Å². The number of carbonyl (C=O) groups is 2. The zero-order chi connectivity index (χ0) is 27.5. The number of pyridine rings is 1. The summed E-state index contributed by atoms with van der Waals surface area (Å²) in [5, 5.41) is 2.89. The number of ether oxygens (including phenoxy) is 1. The van der Waals surface area contributed by atoms with Gasteiger partial charge >= 0.3 is 6.36 Å². The molecular weight excluding hydrogens is 545 g/mol. The largest absolute Gasteiger partial charge is 0.573 e. The highest BCUT2D eigenvalue weighted by atomic mass is 32.2. The van der Waals surface area contributed by atoms with Crippen molar-refractivity contribution in [2.24, 2.45) is 0 Å². The second-order valence-electron chi connectivity index (χ2n) is 8.60. The highest BCUT2D eigenvalue weighted by Crippen LogP contribution is 2.42. The van der Waals surface area contributed by atoms with E-state index in [9.17, 15) is 31.2 Å². The van der Waals surface area contributed by atoms with Crippen LogP contribution in [0.1, 0.15) is 24.3 Å². The molecule has 2 atom stereocenters. The number of hydrogen-bond acceptors (Lipinski definition) is 7. The maximum absolute atomic E-state index is 13.4. The number of sulfonamides is 1. The minimum atomic E-state index is -4.92. The first kappa shape index (κ1) is 27.9. The Labute approximate surface area is 222 Å². The summed E-state index contributed by atoms with van der Waals surface area (Å²) in [7, 11) is -4.28. The van der Waals surface area contributed by atoms with Crippen LogP contribution in [0.3, 0.4) is 0 Å². The van der Waals surface area contributed by atoms with E-state index in [1.165, 1.54) is 11.8 Å². The zero-order valence-corrected chi connectivity index (χ0v) is 21.9. The predicted octanol–water partition coefficient (Wildman–Crippen LogP) is 3.08. The molecule has 1 fully saturated rings. The van der Waals surface area contributed by atoms with Crippen LogP contribution in [0.15, 0.2) is 64.5 Å². The third-order valence-electron chi connectivity index (χ3n) is 6.05. The molecule has 204 valence electrons. The summed E-state index contributed by atoms with van der Waals surface area (Å²) in [6.45, 7) is 1.27. The Balaban J connectivity index is 1.46. The molecule has 0 aliphatic carbocycles. The van der Waals surface area contributed by atoms with Crippen molar-refractivity contribution >= 4 is 33.6 Å². The van der Waals surface area contributed by atoms with Crippen LogP contribution in [-0.2, 0) is 19.6 Å². The highest BCUT2D eigenvalue weighted by molar-refractivity contribution is 8.03. The molecule has 2 amide bonds. The zero-order valence-electron chi connectivity index (χ0n) is 20.2. The number of halogens is 3. The Morgan fingerprint density at radius 3 is 2.53 bits per heavy atom. The fourth-order valence-electron chi connectivity index (χ4n) is 4.17. The van der Waals surface area contributed by atoms with E-state index in [4.69, 9.17) is 0 Å². The van der Waals surface area contributed by atoms with Crippen LogP contribution >= 0.6 is 11.8 Å². The lowest BCUT2D eigenvalue weighted by molar-refractivity contribution is -0.274. The number of carbonyl (C=O) groups excluding carboxylic acids is 2. The second kappa shape index (κ2) is 11.3. The molecule has 2 aliphatic heterocycles. The standard InChI is InChI=1S/C24H25F3N4O5S2/c1-16(32)30-12-13-31(38(34,35)19-8-5-17(6-9-19)36-24(25,26)27)21(15-30)23(33)29-14-18-7-10-22(37-18)20-4-2-3-11-28-20/h2-9,11,21-22H,10,12-15H2,1H3,(H,29,33)/t21-,22?/m1/s1. The first-order valence-electron chi connectivity index (χ1n) is 11.6. The number of nitrogens with zero attached hydrogens (tertiary/aromatic N) is 3. The van der Waals surface area contributed by atoms with Crippen LogP contribution < -0.4 is 10.1 Å². The van der Waals surface area contributed by atoms with Crippen LogP contribution in [0.2, 0.25) is 0 Å². The van der Waals surface area contributed by atoms with Gasteiger partial charge in [-0.1, -0.05) is 12.1 Å². The maximum Gasteiger partial charge on any atom is 0.573 e. The van der Waals surface area contributed by atoms with E-state index in [1.54, 1.807) is 18.0 Å². The first-order valence-corrected chi connectivity index (χ1v) is 13.9. The molecular formula is C24H25F3N4O5S2. The summed E-state index contributed by atoms with van der Waals surface area (Å²) in [6.07, 6.45) is -0.474. The molecule has 1 N–H and O–H groups in total. The third-order valence-corrected chi connectivity index (χ3v) is 9.31. The van der Waals surface area contributed by atoms with E-state index in [0.29, 0.717) is 0 Å². The van der Waals surface area contributed by atoms with Gasteiger partial charge < -0.3 is 15.0 Å². The lowest BCUT2D eigenvalue weighted by atomic mass is 10.2. The Morgan fingerprint density at radius 1 is 1.16 bits per heavy atom. The summed E-state index contributed by atoms with van der Waals surface area (Å²) >= 11 is 1.56. The van der Waals surface area contributed by atoms with Crippen LogP contribution in [0, 0.1) is 0 Å². The summed E-state index contributed by atoms with van der Waals surface area (Å²) in [4.78, 5) is 31.6. The smallest absolute Gasteiger partial charge is 0.406 e. The number of rotatable bonds is 7. The normalized spacial score (nSPS) is 20.6. The van der Waals surface area contributed by atoms with E-state index in [2.05, 4.69) is 15.0 Å². The van der Waals surface area contributed by atoms with Gasteiger partial charge in [-0.15, -0.1) is 24.9 Å².